The molecule has 1 unspecified atom stereocenters. The highest BCUT2D eigenvalue weighted by molar-refractivity contribution is 6.44. The molecular weight excluding hydrogens is 200 g/mol. The number of nitriles is 1. The van der Waals surface area contributed by atoms with E-state index in [-0.39, 0.29) is 0 Å². The van der Waals surface area contributed by atoms with E-state index in [9.17, 15) is 4.79 Å². The highest BCUT2D eigenvalue weighted by atomic mass is 16.6. The van der Waals surface area contributed by atoms with Crippen LogP contribution in [-0.4, -0.2) is 26.6 Å². The van der Waals surface area contributed by atoms with E-state index in [1.54, 1.807) is 13.1 Å². The number of carbonyl (C=O) groups excluding carboxylic acids is 1. The molecule has 1 rings (SSSR count). The largest absolute Gasteiger partial charge is 0.367 e. The highest BCUT2D eigenvalue weighted by Gasteiger charge is 2.09. The molecule has 0 bridgehead atoms. The van der Waals surface area contributed by atoms with Gasteiger partial charge in [-0.2, -0.15) is 5.26 Å². The van der Waals surface area contributed by atoms with Crippen LogP contribution in [0.1, 0.15) is 13.2 Å². The highest BCUT2D eigenvalue weighted by Crippen LogP contribution is 2.04. The minimum absolute atomic E-state index is 0.498. The first-order valence-electron chi connectivity index (χ1n) is 3.94. The lowest BCUT2D eigenvalue weighted by Crippen LogP contribution is -2.22. The van der Waals surface area contributed by atoms with Gasteiger partial charge in [0.25, 0.3) is 5.91 Å². The Balaban J connectivity index is 2.64. The zero-order valence-corrected chi connectivity index (χ0v) is 7.86. The van der Waals surface area contributed by atoms with Gasteiger partial charge in [0, 0.05) is 6.20 Å². The van der Waals surface area contributed by atoms with Gasteiger partial charge >= 0.3 is 0 Å². The van der Waals surface area contributed by atoms with E-state index in [0.29, 0.717) is 0 Å². The van der Waals surface area contributed by atoms with E-state index >= 15 is 0 Å². The number of aromatic nitrogens is 3. The molecular formula is C7H8N6O2. The van der Waals surface area contributed by atoms with Crippen LogP contribution in [0.5, 0.6) is 0 Å². The Kier molecular flexibility index (Phi) is 3.34. The Hall–Kier alpha value is -2.43. The van der Waals surface area contributed by atoms with Crippen LogP contribution in [0.25, 0.3) is 0 Å². The van der Waals surface area contributed by atoms with E-state index in [4.69, 9.17) is 15.8 Å². The number of carbonyl (C=O) groups is 1. The van der Waals surface area contributed by atoms with Crippen LogP contribution in [0, 0.1) is 11.3 Å². The standard InChI is InChI=1S/C7H8N6O2/c1-5(13-3-2-10-12-13)15-11-6(4-8)7(9)14/h2-3,5H,1H3,(H2,9,14). The molecule has 0 radical (unpaired) electrons. The number of amides is 1. The normalized spacial score (nSPS) is 12.9. The topological polar surface area (TPSA) is 119 Å². The minimum Gasteiger partial charge on any atom is -0.367 e. The quantitative estimate of drug-likeness (QED) is 0.512. The van der Waals surface area contributed by atoms with Crippen LogP contribution in [0.15, 0.2) is 17.5 Å². The maximum absolute atomic E-state index is 10.6. The summed E-state index contributed by atoms with van der Waals surface area (Å²) in [5.41, 5.74) is 4.35. The molecule has 2 N–H and O–H groups in total. The molecule has 0 aromatic carbocycles. The van der Waals surface area contributed by atoms with Crippen molar-refractivity contribution in [2.24, 2.45) is 10.9 Å². The summed E-state index contributed by atoms with van der Waals surface area (Å²) in [6.07, 6.45) is 2.44. The van der Waals surface area contributed by atoms with Crippen molar-refractivity contribution in [3.05, 3.63) is 12.4 Å². The lowest BCUT2D eigenvalue weighted by molar-refractivity contribution is -0.112. The Morgan fingerprint density at radius 2 is 2.53 bits per heavy atom. The number of hydrogen-bond acceptors (Lipinski definition) is 6. The fourth-order valence-corrected chi connectivity index (χ4v) is 0.709. The van der Waals surface area contributed by atoms with Gasteiger partial charge in [0.2, 0.25) is 11.9 Å². The van der Waals surface area contributed by atoms with E-state index < -0.39 is 17.8 Å². The molecule has 0 aliphatic rings. The molecule has 1 aromatic heterocycles. The fraction of sp³-hybridized carbons (Fsp3) is 0.286. The van der Waals surface area contributed by atoms with Gasteiger partial charge in [-0.1, -0.05) is 10.4 Å². The predicted octanol–water partition coefficient (Wildman–Crippen LogP) is -0.822. The van der Waals surface area contributed by atoms with E-state index in [2.05, 4.69) is 15.5 Å². The average Bonchev–Trinajstić information content (AvgIpc) is 2.70. The van der Waals surface area contributed by atoms with Gasteiger partial charge in [-0.15, -0.1) is 5.10 Å². The summed E-state index contributed by atoms with van der Waals surface area (Å²) in [6.45, 7) is 1.62. The fourth-order valence-electron chi connectivity index (χ4n) is 0.709. The maximum atomic E-state index is 10.6. The second kappa shape index (κ2) is 4.71. The van der Waals surface area contributed by atoms with Gasteiger partial charge in [-0.05, 0) is 6.92 Å². The Bertz CT molecular complexity index is 404. The van der Waals surface area contributed by atoms with Crippen molar-refractivity contribution in [3.8, 4) is 6.07 Å². The third-order valence-corrected chi connectivity index (χ3v) is 1.45. The summed E-state index contributed by atoms with van der Waals surface area (Å²) in [4.78, 5) is 15.4. The molecule has 0 aliphatic carbocycles. The molecule has 1 atom stereocenters. The zero-order chi connectivity index (χ0) is 11.3. The molecule has 0 fully saturated rings. The molecule has 0 aliphatic heterocycles. The predicted molar refractivity (Wildman–Crippen MR) is 48.1 cm³/mol. The SMILES string of the molecule is CC(ON=C(C#N)C(N)=O)n1ccnn1. The van der Waals surface area contributed by atoms with Crippen LogP contribution in [0.3, 0.4) is 0 Å². The summed E-state index contributed by atoms with van der Waals surface area (Å²) in [7, 11) is 0. The molecule has 0 saturated carbocycles. The van der Waals surface area contributed by atoms with Crippen LogP contribution in [0.4, 0.5) is 0 Å². The lowest BCUT2D eigenvalue weighted by Gasteiger charge is -2.07. The van der Waals surface area contributed by atoms with Crippen LogP contribution in [0.2, 0.25) is 0 Å². The molecule has 8 heteroatoms. The minimum atomic E-state index is -0.941. The van der Waals surface area contributed by atoms with Crippen molar-refractivity contribution in [1.82, 2.24) is 15.0 Å². The number of primary amides is 1. The van der Waals surface area contributed by atoms with Gasteiger partial charge < -0.3 is 10.6 Å². The number of hydrogen-bond donors (Lipinski definition) is 1. The number of nitrogens with two attached hydrogens (primary N) is 1. The molecule has 1 aromatic rings. The zero-order valence-electron chi connectivity index (χ0n) is 7.86. The monoisotopic (exact) mass is 208 g/mol. The lowest BCUT2D eigenvalue weighted by atomic mass is 10.4. The molecule has 0 saturated heterocycles. The van der Waals surface area contributed by atoms with E-state index in [1.807, 2.05) is 0 Å². The molecule has 1 amide bonds. The van der Waals surface area contributed by atoms with Gasteiger partial charge in [-0.3, -0.25) is 4.79 Å². The summed E-state index contributed by atoms with van der Waals surface area (Å²) < 4.78 is 1.36. The summed E-state index contributed by atoms with van der Waals surface area (Å²) in [6, 6.07) is 1.51. The number of rotatable bonds is 4. The Morgan fingerprint density at radius 1 is 1.80 bits per heavy atom. The summed E-state index contributed by atoms with van der Waals surface area (Å²) in [5, 5.41) is 18.9. The van der Waals surface area contributed by atoms with E-state index in [0.717, 1.165) is 0 Å². The third kappa shape index (κ3) is 2.77. The van der Waals surface area contributed by atoms with Gasteiger partial charge in [0.1, 0.15) is 6.07 Å². The van der Waals surface area contributed by atoms with Crippen molar-refractivity contribution >= 4 is 11.6 Å². The number of oxime groups is 1. The van der Waals surface area contributed by atoms with Crippen LogP contribution < -0.4 is 5.73 Å². The molecule has 8 nitrogen and oxygen atoms in total. The first kappa shape index (κ1) is 10.6. The molecule has 15 heavy (non-hydrogen) atoms. The summed E-state index contributed by atoms with van der Waals surface area (Å²) in [5.74, 6) is -0.941. The molecule has 0 spiro atoms. The average molecular weight is 208 g/mol. The van der Waals surface area contributed by atoms with Crippen molar-refractivity contribution < 1.29 is 9.63 Å². The first-order valence-corrected chi connectivity index (χ1v) is 3.94. The second-order valence-electron chi connectivity index (χ2n) is 2.50. The maximum Gasteiger partial charge on any atom is 0.281 e. The third-order valence-electron chi connectivity index (χ3n) is 1.45. The molecule has 1 heterocycles. The van der Waals surface area contributed by atoms with Crippen LogP contribution >= 0.6 is 0 Å². The van der Waals surface area contributed by atoms with Gasteiger partial charge in [-0.25, -0.2) is 4.68 Å². The Morgan fingerprint density at radius 3 is 3.00 bits per heavy atom. The smallest absolute Gasteiger partial charge is 0.281 e. The first-order chi connectivity index (χ1) is 7.15. The van der Waals surface area contributed by atoms with E-state index in [1.165, 1.54) is 16.9 Å². The Labute approximate surface area is 84.9 Å². The van der Waals surface area contributed by atoms with Crippen molar-refractivity contribution in [2.45, 2.75) is 13.2 Å². The number of nitrogens with zero attached hydrogens (tertiary/aromatic N) is 5. The molecule has 78 valence electrons. The van der Waals surface area contributed by atoms with Crippen molar-refractivity contribution in [2.75, 3.05) is 0 Å². The summed E-state index contributed by atoms with van der Waals surface area (Å²) >= 11 is 0. The van der Waals surface area contributed by atoms with Gasteiger partial charge in [0.15, 0.2) is 0 Å². The van der Waals surface area contributed by atoms with Crippen molar-refractivity contribution in [3.63, 3.8) is 0 Å². The van der Waals surface area contributed by atoms with Crippen molar-refractivity contribution in [1.29, 1.82) is 5.26 Å². The second-order valence-corrected chi connectivity index (χ2v) is 2.50. The van der Waals surface area contributed by atoms with Gasteiger partial charge in [0.05, 0.1) is 6.20 Å². The van der Waals surface area contributed by atoms with Crippen LogP contribution in [-0.2, 0) is 9.63 Å².